The monoisotopic (exact) mass is 267 g/mol. The van der Waals surface area contributed by atoms with Crippen molar-refractivity contribution in [2.45, 2.75) is 34.6 Å². The average molecular weight is 267 g/mol. The highest BCUT2D eigenvalue weighted by Gasteiger charge is 2.18. The summed E-state index contributed by atoms with van der Waals surface area (Å²) in [6, 6.07) is 5.01. The number of nitrogens with one attached hydrogen (secondary N) is 1. The molecule has 0 aliphatic rings. The summed E-state index contributed by atoms with van der Waals surface area (Å²) < 4.78 is 19.1. The molecule has 0 bridgehead atoms. The van der Waals surface area contributed by atoms with Crippen LogP contribution in [0.4, 0.5) is 4.39 Å². The standard InChI is InChI=1S/C16H26FNO/c1-12(2)9-18-10-16(4,5)11-19-14-7-6-13(3)15(17)8-14/h6-8,12,18H,9-11H2,1-5H3. The molecule has 0 unspecified atom stereocenters. The first kappa shape index (κ1) is 16.0. The lowest BCUT2D eigenvalue weighted by molar-refractivity contribution is 0.174. The lowest BCUT2D eigenvalue weighted by atomic mass is 9.94. The molecule has 3 heteroatoms. The summed E-state index contributed by atoms with van der Waals surface area (Å²) in [4.78, 5) is 0. The minimum absolute atomic E-state index is 0.0241. The molecule has 0 aliphatic heterocycles. The number of hydrogen-bond acceptors (Lipinski definition) is 2. The van der Waals surface area contributed by atoms with Gasteiger partial charge in [0, 0.05) is 18.0 Å². The highest BCUT2D eigenvalue weighted by molar-refractivity contribution is 5.28. The molecule has 108 valence electrons. The Hall–Kier alpha value is -1.09. The van der Waals surface area contributed by atoms with E-state index in [0.29, 0.717) is 23.8 Å². The Kier molecular flexibility index (Phi) is 5.80. The number of benzene rings is 1. The zero-order valence-electron chi connectivity index (χ0n) is 12.7. The number of halogens is 1. The van der Waals surface area contributed by atoms with E-state index >= 15 is 0 Å². The highest BCUT2D eigenvalue weighted by atomic mass is 19.1. The quantitative estimate of drug-likeness (QED) is 0.811. The van der Waals surface area contributed by atoms with Crippen LogP contribution in [0.25, 0.3) is 0 Å². The first-order valence-corrected chi connectivity index (χ1v) is 6.90. The third-order valence-corrected chi connectivity index (χ3v) is 2.93. The molecule has 0 saturated heterocycles. The largest absolute Gasteiger partial charge is 0.493 e. The summed E-state index contributed by atoms with van der Waals surface area (Å²) in [5, 5.41) is 3.43. The van der Waals surface area contributed by atoms with Gasteiger partial charge in [0.25, 0.3) is 0 Å². The first-order chi connectivity index (χ1) is 8.80. The Morgan fingerprint density at radius 2 is 2.00 bits per heavy atom. The van der Waals surface area contributed by atoms with Crippen LogP contribution < -0.4 is 10.1 Å². The Bertz CT molecular complexity index is 402. The second kappa shape index (κ2) is 6.90. The fraction of sp³-hybridized carbons (Fsp3) is 0.625. The first-order valence-electron chi connectivity index (χ1n) is 6.90. The molecule has 1 aromatic carbocycles. The predicted octanol–water partition coefficient (Wildman–Crippen LogP) is 3.78. The predicted molar refractivity (Wildman–Crippen MR) is 78.1 cm³/mol. The zero-order chi connectivity index (χ0) is 14.5. The number of hydrogen-bond donors (Lipinski definition) is 1. The number of rotatable bonds is 7. The van der Waals surface area contributed by atoms with Crippen LogP contribution in [-0.4, -0.2) is 19.7 Å². The molecule has 0 fully saturated rings. The van der Waals surface area contributed by atoms with E-state index in [1.807, 2.05) is 6.07 Å². The Morgan fingerprint density at radius 3 is 2.58 bits per heavy atom. The summed E-state index contributed by atoms with van der Waals surface area (Å²) in [6.45, 7) is 12.9. The van der Waals surface area contributed by atoms with Crippen LogP contribution >= 0.6 is 0 Å². The molecule has 19 heavy (non-hydrogen) atoms. The van der Waals surface area contributed by atoms with Crippen molar-refractivity contribution in [2.75, 3.05) is 19.7 Å². The second-order valence-corrected chi connectivity index (χ2v) is 6.39. The van der Waals surface area contributed by atoms with Gasteiger partial charge in [-0.2, -0.15) is 0 Å². The third-order valence-electron chi connectivity index (χ3n) is 2.93. The minimum Gasteiger partial charge on any atom is -0.493 e. The minimum atomic E-state index is -0.215. The molecule has 0 saturated carbocycles. The smallest absolute Gasteiger partial charge is 0.129 e. The van der Waals surface area contributed by atoms with Gasteiger partial charge in [0.05, 0.1) is 6.61 Å². The SMILES string of the molecule is Cc1ccc(OCC(C)(C)CNCC(C)C)cc1F. The number of ether oxygens (including phenoxy) is 1. The Morgan fingerprint density at radius 1 is 1.32 bits per heavy atom. The molecule has 0 amide bonds. The molecule has 0 aromatic heterocycles. The van der Waals surface area contributed by atoms with Crippen molar-refractivity contribution >= 4 is 0 Å². The van der Waals surface area contributed by atoms with Crippen molar-refractivity contribution in [3.63, 3.8) is 0 Å². The fourth-order valence-electron chi connectivity index (χ4n) is 1.69. The molecule has 1 N–H and O–H groups in total. The molecule has 0 heterocycles. The van der Waals surface area contributed by atoms with E-state index < -0.39 is 0 Å². The van der Waals surface area contributed by atoms with Crippen LogP contribution in [-0.2, 0) is 0 Å². The average Bonchev–Trinajstić information content (AvgIpc) is 2.30. The third kappa shape index (κ3) is 6.06. The molecule has 0 spiro atoms. The number of aryl methyl sites for hydroxylation is 1. The Balaban J connectivity index is 2.43. The summed E-state index contributed by atoms with van der Waals surface area (Å²) in [5.41, 5.74) is 0.668. The highest BCUT2D eigenvalue weighted by Crippen LogP contribution is 2.20. The van der Waals surface area contributed by atoms with E-state index in [4.69, 9.17) is 4.74 Å². The van der Waals surface area contributed by atoms with Crippen LogP contribution in [0.5, 0.6) is 5.75 Å². The van der Waals surface area contributed by atoms with Gasteiger partial charge in [-0.3, -0.25) is 0 Å². The normalized spacial score (nSPS) is 11.9. The van der Waals surface area contributed by atoms with E-state index in [0.717, 1.165) is 13.1 Å². The van der Waals surface area contributed by atoms with Crippen LogP contribution in [0.2, 0.25) is 0 Å². The zero-order valence-corrected chi connectivity index (χ0v) is 12.7. The summed E-state index contributed by atoms with van der Waals surface area (Å²) in [6.07, 6.45) is 0. The summed E-state index contributed by atoms with van der Waals surface area (Å²) >= 11 is 0. The maximum atomic E-state index is 13.4. The maximum Gasteiger partial charge on any atom is 0.129 e. The molecule has 1 rings (SSSR count). The van der Waals surface area contributed by atoms with Crippen molar-refractivity contribution in [2.24, 2.45) is 11.3 Å². The van der Waals surface area contributed by atoms with E-state index in [2.05, 4.69) is 33.0 Å². The summed E-state index contributed by atoms with van der Waals surface area (Å²) in [7, 11) is 0. The summed E-state index contributed by atoms with van der Waals surface area (Å²) in [5.74, 6) is 1.02. The van der Waals surface area contributed by atoms with Gasteiger partial charge < -0.3 is 10.1 Å². The van der Waals surface area contributed by atoms with Gasteiger partial charge in [0.15, 0.2) is 0 Å². The molecule has 0 aliphatic carbocycles. The van der Waals surface area contributed by atoms with Gasteiger partial charge in [0.2, 0.25) is 0 Å². The van der Waals surface area contributed by atoms with Gasteiger partial charge >= 0.3 is 0 Å². The van der Waals surface area contributed by atoms with Crippen LogP contribution in [0.1, 0.15) is 33.3 Å². The van der Waals surface area contributed by atoms with Crippen molar-refractivity contribution in [3.05, 3.63) is 29.6 Å². The lowest BCUT2D eigenvalue weighted by Gasteiger charge is -2.25. The maximum absolute atomic E-state index is 13.4. The topological polar surface area (TPSA) is 21.3 Å². The van der Waals surface area contributed by atoms with Gasteiger partial charge in [0.1, 0.15) is 11.6 Å². The van der Waals surface area contributed by atoms with Gasteiger partial charge in [-0.1, -0.05) is 33.8 Å². The van der Waals surface area contributed by atoms with E-state index in [-0.39, 0.29) is 11.2 Å². The van der Waals surface area contributed by atoms with Crippen molar-refractivity contribution in [1.82, 2.24) is 5.32 Å². The van der Waals surface area contributed by atoms with Crippen molar-refractivity contribution in [1.29, 1.82) is 0 Å². The van der Waals surface area contributed by atoms with Crippen LogP contribution in [0.15, 0.2) is 18.2 Å². The molecule has 0 atom stereocenters. The Labute approximate surface area is 116 Å². The molecular formula is C16H26FNO. The fourth-order valence-corrected chi connectivity index (χ4v) is 1.69. The van der Waals surface area contributed by atoms with E-state index in [1.54, 1.807) is 13.0 Å². The van der Waals surface area contributed by atoms with E-state index in [9.17, 15) is 4.39 Å². The van der Waals surface area contributed by atoms with E-state index in [1.165, 1.54) is 6.07 Å². The van der Waals surface area contributed by atoms with Gasteiger partial charge in [-0.25, -0.2) is 4.39 Å². The molecule has 0 radical (unpaired) electrons. The van der Waals surface area contributed by atoms with Gasteiger partial charge in [-0.15, -0.1) is 0 Å². The van der Waals surface area contributed by atoms with Crippen LogP contribution in [0.3, 0.4) is 0 Å². The van der Waals surface area contributed by atoms with Crippen LogP contribution in [0, 0.1) is 24.1 Å². The molecule has 2 nitrogen and oxygen atoms in total. The molecule has 1 aromatic rings. The lowest BCUT2D eigenvalue weighted by Crippen LogP contribution is -2.35. The second-order valence-electron chi connectivity index (χ2n) is 6.39. The van der Waals surface area contributed by atoms with Crippen molar-refractivity contribution < 1.29 is 9.13 Å². The van der Waals surface area contributed by atoms with Crippen molar-refractivity contribution in [3.8, 4) is 5.75 Å². The van der Waals surface area contributed by atoms with Gasteiger partial charge in [-0.05, 0) is 31.0 Å². The molecular weight excluding hydrogens is 241 g/mol.